The molecule has 0 aliphatic heterocycles. The molecule has 40 heavy (non-hydrogen) atoms. The molecular formula is C32H40N5O3+. The van der Waals surface area contributed by atoms with Gasteiger partial charge < -0.3 is 21.1 Å². The Morgan fingerprint density at radius 3 is 2.00 bits per heavy atom. The fourth-order valence-electron chi connectivity index (χ4n) is 4.02. The number of aliphatic imine (C=N–C) groups is 1. The Morgan fingerprint density at radius 2 is 1.52 bits per heavy atom. The van der Waals surface area contributed by atoms with Crippen LogP contribution in [-0.4, -0.2) is 42.3 Å². The quantitative estimate of drug-likeness (QED) is 0.0544. The van der Waals surface area contributed by atoms with Crippen LogP contribution in [0.25, 0.3) is 21.8 Å². The molecule has 4 aromatic rings. The summed E-state index contributed by atoms with van der Waals surface area (Å²) in [5, 5.41) is 17.5. The van der Waals surface area contributed by atoms with E-state index < -0.39 is 0 Å². The third-order valence-electron chi connectivity index (χ3n) is 5.91. The number of benzene rings is 3. The molecule has 0 saturated carbocycles. The van der Waals surface area contributed by atoms with Crippen molar-refractivity contribution in [3.05, 3.63) is 83.9 Å². The van der Waals surface area contributed by atoms with E-state index in [1.807, 2.05) is 74.5 Å². The third kappa shape index (κ3) is 9.01. The third-order valence-corrected chi connectivity index (χ3v) is 5.91. The molecule has 0 aliphatic carbocycles. The van der Waals surface area contributed by atoms with E-state index in [9.17, 15) is 4.79 Å². The largest absolute Gasteiger partial charge is 0.508 e. The predicted molar refractivity (Wildman–Crippen MR) is 164 cm³/mol. The number of rotatable bonds is 8. The van der Waals surface area contributed by atoms with Crippen molar-refractivity contribution in [3.63, 3.8) is 0 Å². The lowest BCUT2D eigenvalue weighted by molar-refractivity contribution is -0.628. The fraction of sp³-hybridized carbons (Fsp3) is 0.281. The van der Waals surface area contributed by atoms with Crippen LogP contribution in [0.3, 0.4) is 0 Å². The number of aromatic hydroxyl groups is 1. The number of fused-ring (bicyclic) bond motifs is 2. The molecule has 0 saturated heterocycles. The summed E-state index contributed by atoms with van der Waals surface area (Å²) in [5.74, 6) is 5.90. The molecule has 4 rings (SSSR count). The predicted octanol–water partition coefficient (Wildman–Crippen LogP) is 5.12. The molecule has 0 unspecified atom stereocenters. The van der Waals surface area contributed by atoms with Gasteiger partial charge in [-0.2, -0.15) is 9.67 Å². The van der Waals surface area contributed by atoms with Gasteiger partial charge in [0.2, 0.25) is 11.0 Å². The van der Waals surface area contributed by atoms with Crippen LogP contribution in [0.5, 0.6) is 5.75 Å². The average molecular weight is 543 g/mol. The number of phenols is 1. The number of unbranched alkanes of at least 4 members (excludes halogenated alkanes) is 1. The molecule has 1 heterocycles. The number of amides is 1. The monoisotopic (exact) mass is 542 g/mol. The van der Waals surface area contributed by atoms with Gasteiger partial charge in [0.25, 0.3) is 5.91 Å². The summed E-state index contributed by atoms with van der Waals surface area (Å²) in [7, 11) is 0. The minimum atomic E-state index is -0.0433. The molecule has 0 atom stereocenters. The minimum absolute atomic E-state index is 0.0433. The second kappa shape index (κ2) is 17.1. The van der Waals surface area contributed by atoms with Crippen molar-refractivity contribution in [2.45, 2.75) is 47.1 Å². The van der Waals surface area contributed by atoms with E-state index >= 15 is 0 Å². The molecule has 0 radical (unpaired) electrons. The molecule has 3 aromatic carbocycles. The number of aromatic nitrogens is 1. The second-order valence-corrected chi connectivity index (χ2v) is 8.92. The molecule has 8 heteroatoms. The lowest BCUT2D eigenvalue weighted by atomic mass is 10.0. The van der Waals surface area contributed by atoms with Gasteiger partial charge in [-0.05, 0) is 51.5 Å². The topological polar surface area (TPSA) is 121 Å². The van der Waals surface area contributed by atoms with Gasteiger partial charge in [-0.15, -0.1) is 0 Å². The maximum Gasteiger partial charge on any atom is 0.253 e. The summed E-state index contributed by atoms with van der Waals surface area (Å²) in [4.78, 5) is 26.2. The van der Waals surface area contributed by atoms with Gasteiger partial charge in [0.15, 0.2) is 6.54 Å². The van der Waals surface area contributed by atoms with Gasteiger partial charge in [0.05, 0.1) is 22.6 Å². The van der Waals surface area contributed by atoms with Crippen molar-refractivity contribution in [3.8, 4) is 5.75 Å². The number of nitrogens with two attached hydrogens (primary N) is 1. The number of hydrogen-bond acceptors (Lipinski definition) is 6. The highest BCUT2D eigenvalue weighted by Crippen LogP contribution is 2.25. The summed E-state index contributed by atoms with van der Waals surface area (Å²) >= 11 is 0. The minimum Gasteiger partial charge on any atom is -0.508 e. The maximum absolute atomic E-state index is 13.1. The SMILES string of the molecule is CC=O.CCCCNC(=O)c1c2ccccc2[n+](C/C(C=NCC)=N/N)c2ccccc12.Cc1ccc(O)cc1. The van der Waals surface area contributed by atoms with E-state index in [2.05, 4.69) is 26.9 Å². The highest BCUT2D eigenvalue weighted by Gasteiger charge is 2.24. The summed E-state index contributed by atoms with van der Waals surface area (Å²) in [6.07, 6.45) is 4.46. The zero-order valence-corrected chi connectivity index (χ0v) is 23.8. The van der Waals surface area contributed by atoms with Crippen LogP contribution < -0.4 is 15.7 Å². The molecule has 1 aromatic heterocycles. The van der Waals surface area contributed by atoms with Gasteiger partial charge >= 0.3 is 0 Å². The molecule has 1 amide bonds. The van der Waals surface area contributed by atoms with Gasteiger partial charge in [0, 0.05) is 25.2 Å². The van der Waals surface area contributed by atoms with Crippen LogP contribution in [0.4, 0.5) is 0 Å². The molecule has 0 bridgehead atoms. The van der Waals surface area contributed by atoms with Crippen molar-refractivity contribution in [1.82, 2.24) is 5.32 Å². The van der Waals surface area contributed by atoms with E-state index in [0.717, 1.165) is 40.9 Å². The first-order valence-corrected chi connectivity index (χ1v) is 13.4. The van der Waals surface area contributed by atoms with Crippen molar-refractivity contribution >= 4 is 45.9 Å². The van der Waals surface area contributed by atoms with Crippen molar-refractivity contribution in [2.75, 3.05) is 13.1 Å². The number of para-hydroxylation sites is 2. The highest BCUT2D eigenvalue weighted by atomic mass is 16.3. The first-order valence-electron chi connectivity index (χ1n) is 13.4. The standard InChI is InChI=1S/C23H27N5O.C7H8O.C2H4O/c1-3-5-14-26-23(29)22-18-10-6-8-12-20(18)28(16-17(27-24)15-25-4-2)21-13-9-7-11-19(21)22;1-6-2-4-7(8)5-3-6;1-2-3/h6-13,15H,3-5,14,16H2,1-2H3,(H2-,24,25,26,29);2-5,8H,1H3;2H,1H3/p+1. The number of carbonyl (C=O) groups is 2. The Balaban J connectivity index is 0.000000427. The Labute approximate surface area is 236 Å². The van der Waals surface area contributed by atoms with Gasteiger partial charge in [0.1, 0.15) is 17.7 Å². The summed E-state index contributed by atoms with van der Waals surface area (Å²) in [6, 6.07) is 23.0. The first-order chi connectivity index (χ1) is 19.4. The van der Waals surface area contributed by atoms with E-state index in [0.29, 0.717) is 36.7 Å². The fourth-order valence-corrected chi connectivity index (χ4v) is 4.02. The van der Waals surface area contributed by atoms with Crippen LogP contribution >= 0.6 is 0 Å². The number of phenolic OH excluding ortho intramolecular Hbond substituents is 1. The Kier molecular flexibility index (Phi) is 13.5. The average Bonchev–Trinajstić information content (AvgIpc) is 2.97. The number of nitrogens with one attached hydrogen (secondary N) is 1. The van der Waals surface area contributed by atoms with E-state index in [-0.39, 0.29) is 5.91 Å². The van der Waals surface area contributed by atoms with Crippen LogP contribution in [0.2, 0.25) is 0 Å². The van der Waals surface area contributed by atoms with Crippen LogP contribution in [0.1, 0.15) is 49.5 Å². The number of aldehydes is 1. The summed E-state index contributed by atoms with van der Waals surface area (Å²) < 4.78 is 2.14. The number of pyridine rings is 1. The molecule has 0 spiro atoms. The van der Waals surface area contributed by atoms with E-state index in [1.165, 1.54) is 12.5 Å². The summed E-state index contributed by atoms with van der Waals surface area (Å²) in [5.41, 5.74) is 4.46. The molecule has 0 aliphatic rings. The molecule has 0 fully saturated rings. The van der Waals surface area contributed by atoms with Crippen LogP contribution in [0, 0.1) is 6.92 Å². The number of hydrazone groups is 1. The summed E-state index contributed by atoms with van der Waals surface area (Å²) in [6.45, 7) is 9.32. The van der Waals surface area contributed by atoms with Gasteiger partial charge in [-0.3, -0.25) is 9.79 Å². The van der Waals surface area contributed by atoms with Gasteiger partial charge in [-0.1, -0.05) is 55.3 Å². The number of nitrogens with zero attached hydrogens (tertiary/aromatic N) is 3. The van der Waals surface area contributed by atoms with Crippen LogP contribution in [0.15, 0.2) is 82.9 Å². The van der Waals surface area contributed by atoms with E-state index in [1.54, 1.807) is 18.3 Å². The van der Waals surface area contributed by atoms with Crippen molar-refractivity contribution in [2.24, 2.45) is 15.9 Å². The highest BCUT2D eigenvalue weighted by molar-refractivity contribution is 6.30. The Bertz CT molecular complexity index is 1370. The lowest BCUT2D eigenvalue weighted by Crippen LogP contribution is -2.41. The number of hydrogen-bond donors (Lipinski definition) is 3. The molecule has 8 nitrogen and oxygen atoms in total. The molecule has 210 valence electrons. The first kappa shape index (κ1) is 31.6. The zero-order chi connectivity index (χ0) is 29.3. The van der Waals surface area contributed by atoms with Crippen molar-refractivity contribution in [1.29, 1.82) is 0 Å². The Morgan fingerprint density at radius 1 is 0.975 bits per heavy atom. The Hall–Kier alpha value is -4.59. The van der Waals surface area contributed by atoms with E-state index in [4.69, 9.17) is 15.7 Å². The molecule has 4 N–H and O–H groups in total. The zero-order valence-electron chi connectivity index (χ0n) is 23.8. The lowest BCUT2D eigenvalue weighted by Gasteiger charge is -2.12. The second-order valence-electron chi connectivity index (χ2n) is 8.92. The van der Waals surface area contributed by atoms with Crippen LogP contribution in [-0.2, 0) is 11.3 Å². The smallest absolute Gasteiger partial charge is 0.253 e. The maximum atomic E-state index is 13.1. The molecular weight excluding hydrogens is 502 g/mol. The number of carbonyl (C=O) groups excluding carboxylic acids is 2. The number of aryl methyl sites for hydroxylation is 1. The normalized spacial score (nSPS) is 10.9. The van der Waals surface area contributed by atoms with Crippen molar-refractivity contribution < 1.29 is 19.3 Å². The van der Waals surface area contributed by atoms with Gasteiger partial charge in [-0.25, -0.2) is 0 Å².